The first-order valence-electron chi connectivity index (χ1n) is 3.98. The maximum Gasteiger partial charge on any atom is 0.270 e. The predicted octanol–water partition coefficient (Wildman–Crippen LogP) is 0.737. The van der Waals surface area contributed by atoms with E-state index in [0.717, 1.165) is 0 Å². The van der Waals surface area contributed by atoms with Gasteiger partial charge in [-0.15, -0.1) is 0 Å². The van der Waals surface area contributed by atoms with E-state index in [-0.39, 0.29) is 11.4 Å². The van der Waals surface area contributed by atoms with Crippen molar-refractivity contribution in [3.8, 4) is 5.88 Å². The van der Waals surface area contributed by atoms with Gasteiger partial charge in [-0.25, -0.2) is 10.8 Å². The molecule has 1 amide bonds. The fraction of sp³-hybridized carbons (Fsp3) is 0.250. The second-order valence-electron chi connectivity index (χ2n) is 2.41. The van der Waals surface area contributed by atoms with Gasteiger partial charge >= 0.3 is 0 Å². The molecule has 6 heteroatoms. The molecule has 3 N–H and O–H groups in total. The van der Waals surface area contributed by atoms with Crippen LogP contribution in [-0.2, 0) is 0 Å². The Kier molecular flexibility index (Phi) is 3.67. The van der Waals surface area contributed by atoms with E-state index in [0.29, 0.717) is 11.6 Å². The molecular weight excluding hydrogens is 206 g/mol. The standard InChI is InChI=1S/C8H10ClN3O2/c1-2-14-8-6(7(13)12-10)3-5(9)4-11-8/h3-4H,2,10H2,1H3,(H,12,13). The first-order chi connectivity index (χ1) is 6.69. The van der Waals surface area contributed by atoms with E-state index in [1.54, 1.807) is 6.92 Å². The molecule has 0 aliphatic carbocycles. The van der Waals surface area contributed by atoms with Crippen LogP contribution in [0, 0.1) is 0 Å². The Bertz CT molecular complexity index is 343. The van der Waals surface area contributed by atoms with E-state index in [4.69, 9.17) is 22.2 Å². The molecule has 1 aromatic heterocycles. The molecule has 1 heterocycles. The van der Waals surface area contributed by atoms with Crippen LogP contribution in [0.15, 0.2) is 12.3 Å². The Morgan fingerprint density at radius 2 is 2.50 bits per heavy atom. The van der Waals surface area contributed by atoms with Gasteiger partial charge in [-0.2, -0.15) is 0 Å². The van der Waals surface area contributed by atoms with Gasteiger partial charge in [-0.1, -0.05) is 11.6 Å². The highest BCUT2D eigenvalue weighted by atomic mass is 35.5. The summed E-state index contributed by atoms with van der Waals surface area (Å²) in [5.74, 6) is 4.73. The average Bonchev–Trinajstić information content (AvgIpc) is 2.20. The lowest BCUT2D eigenvalue weighted by Gasteiger charge is -2.07. The number of nitrogens with one attached hydrogen (secondary N) is 1. The summed E-state index contributed by atoms with van der Waals surface area (Å²) >= 11 is 5.68. The van der Waals surface area contributed by atoms with Gasteiger partial charge in [0, 0.05) is 6.20 Å². The quantitative estimate of drug-likeness (QED) is 0.443. The van der Waals surface area contributed by atoms with Gasteiger partial charge in [0.1, 0.15) is 5.56 Å². The number of nitrogens with zero attached hydrogens (tertiary/aromatic N) is 1. The summed E-state index contributed by atoms with van der Waals surface area (Å²) in [5, 5.41) is 0.354. The third-order valence-corrected chi connectivity index (χ3v) is 1.68. The van der Waals surface area contributed by atoms with Crippen LogP contribution in [0.5, 0.6) is 5.88 Å². The highest BCUT2D eigenvalue weighted by Gasteiger charge is 2.13. The fourth-order valence-electron chi connectivity index (χ4n) is 0.919. The minimum absolute atomic E-state index is 0.222. The van der Waals surface area contributed by atoms with Crippen molar-refractivity contribution >= 4 is 17.5 Å². The zero-order valence-electron chi connectivity index (χ0n) is 7.58. The summed E-state index contributed by atoms with van der Waals surface area (Å²) in [6.45, 7) is 2.21. The van der Waals surface area contributed by atoms with Crippen molar-refractivity contribution in [1.82, 2.24) is 10.4 Å². The Hall–Kier alpha value is -1.33. The molecule has 0 saturated heterocycles. The van der Waals surface area contributed by atoms with Crippen LogP contribution in [-0.4, -0.2) is 17.5 Å². The molecule has 0 aromatic carbocycles. The summed E-state index contributed by atoms with van der Waals surface area (Å²) in [6, 6.07) is 1.45. The number of nitrogens with two attached hydrogens (primary N) is 1. The van der Waals surface area contributed by atoms with E-state index in [2.05, 4.69) is 4.98 Å². The van der Waals surface area contributed by atoms with Gasteiger partial charge in [0.2, 0.25) is 5.88 Å². The number of carbonyl (C=O) groups excluding carboxylic acids is 1. The smallest absolute Gasteiger partial charge is 0.270 e. The van der Waals surface area contributed by atoms with E-state index < -0.39 is 5.91 Å². The maximum atomic E-state index is 11.2. The van der Waals surface area contributed by atoms with Gasteiger partial charge in [-0.3, -0.25) is 10.2 Å². The zero-order chi connectivity index (χ0) is 10.6. The monoisotopic (exact) mass is 215 g/mol. The van der Waals surface area contributed by atoms with E-state index in [9.17, 15) is 4.79 Å². The summed E-state index contributed by atoms with van der Waals surface area (Å²) in [6.07, 6.45) is 1.40. The van der Waals surface area contributed by atoms with Gasteiger partial charge in [-0.05, 0) is 13.0 Å². The van der Waals surface area contributed by atoms with Crippen LogP contribution in [0.4, 0.5) is 0 Å². The number of halogens is 1. The lowest BCUT2D eigenvalue weighted by Crippen LogP contribution is -2.30. The molecule has 0 saturated carbocycles. The molecule has 0 fully saturated rings. The van der Waals surface area contributed by atoms with Crippen molar-refractivity contribution in [3.05, 3.63) is 22.8 Å². The number of carbonyl (C=O) groups is 1. The van der Waals surface area contributed by atoms with Crippen LogP contribution < -0.4 is 16.0 Å². The number of aromatic nitrogens is 1. The second-order valence-corrected chi connectivity index (χ2v) is 2.85. The van der Waals surface area contributed by atoms with Crippen molar-refractivity contribution < 1.29 is 9.53 Å². The molecule has 0 aliphatic rings. The van der Waals surface area contributed by atoms with Crippen molar-refractivity contribution in [3.63, 3.8) is 0 Å². The third-order valence-electron chi connectivity index (χ3n) is 1.47. The molecule has 1 rings (SSSR count). The number of amides is 1. The minimum Gasteiger partial charge on any atom is -0.477 e. The lowest BCUT2D eigenvalue weighted by molar-refractivity contribution is 0.0949. The Labute approximate surface area is 86.2 Å². The van der Waals surface area contributed by atoms with Gasteiger partial charge in [0.25, 0.3) is 5.91 Å². The molecule has 0 unspecified atom stereocenters. The number of hydrazine groups is 1. The molecule has 14 heavy (non-hydrogen) atoms. The van der Waals surface area contributed by atoms with E-state index >= 15 is 0 Å². The third kappa shape index (κ3) is 2.34. The molecule has 1 aromatic rings. The Balaban J connectivity index is 3.08. The predicted molar refractivity (Wildman–Crippen MR) is 52.1 cm³/mol. The largest absolute Gasteiger partial charge is 0.477 e. The van der Waals surface area contributed by atoms with E-state index in [1.165, 1.54) is 12.3 Å². The number of hydrogen-bond acceptors (Lipinski definition) is 4. The van der Waals surface area contributed by atoms with Crippen LogP contribution in [0.3, 0.4) is 0 Å². The number of nitrogen functional groups attached to an aromatic ring is 1. The summed E-state index contributed by atoms with van der Waals surface area (Å²) in [5.41, 5.74) is 2.21. The minimum atomic E-state index is -0.483. The lowest BCUT2D eigenvalue weighted by atomic mass is 10.2. The molecular formula is C8H10ClN3O2. The first-order valence-corrected chi connectivity index (χ1v) is 4.36. The Morgan fingerprint density at radius 1 is 1.79 bits per heavy atom. The van der Waals surface area contributed by atoms with Crippen molar-refractivity contribution in [1.29, 1.82) is 0 Å². The van der Waals surface area contributed by atoms with Crippen LogP contribution >= 0.6 is 11.6 Å². The number of ether oxygens (including phenoxy) is 1. The number of pyridine rings is 1. The summed E-state index contributed by atoms with van der Waals surface area (Å²) in [7, 11) is 0. The maximum absolute atomic E-state index is 11.2. The molecule has 5 nitrogen and oxygen atoms in total. The van der Waals surface area contributed by atoms with Crippen LogP contribution in [0.1, 0.15) is 17.3 Å². The molecule has 0 radical (unpaired) electrons. The second kappa shape index (κ2) is 4.78. The zero-order valence-corrected chi connectivity index (χ0v) is 8.34. The Morgan fingerprint density at radius 3 is 3.07 bits per heavy atom. The van der Waals surface area contributed by atoms with Crippen molar-refractivity contribution in [2.24, 2.45) is 5.84 Å². The van der Waals surface area contributed by atoms with Gasteiger partial charge < -0.3 is 4.74 Å². The fourth-order valence-corrected chi connectivity index (χ4v) is 1.08. The normalized spacial score (nSPS) is 9.64. The number of rotatable bonds is 3. The van der Waals surface area contributed by atoms with Gasteiger partial charge in [0.15, 0.2) is 0 Å². The SMILES string of the molecule is CCOc1ncc(Cl)cc1C(=O)NN. The molecule has 0 atom stereocenters. The summed E-state index contributed by atoms with van der Waals surface area (Å²) in [4.78, 5) is 15.1. The van der Waals surface area contributed by atoms with Crippen molar-refractivity contribution in [2.45, 2.75) is 6.92 Å². The highest BCUT2D eigenvalue weighted by Crippen LogP contribution is 2.19. The number of hydrogen-bond donors (Lipinski definition) is 2. The highest BCUT2D eigenvalue weighted by molar-refractivity contribution is 6.30. The van der Waals surface area contributed by atoms with Crippen LogP contribution in [0.25, 0.3) is 0 Å². The molecule has 76 valence electrons. The summed E-state index contributed by atoms with van der Waals surface area (Å²) < 4.78 is 5.13. The van der Waals surface area contributed by atoms with Crippen LogP contribution in [0.2, 0.25) is 5.02 Å². The topological polar surface area (TPSA) is 77.2 Å². The average molecular weight is 216 g/mol. The van der Waals surface area contributed by atoms with E-state index in [1.807, 2.05) is 5.43 Å². The molecule has 0 bridgehead atoms. The first kappa shape index (κ1) is 10.7. The molecule has 0 aliphatic heterocycles. The van der Waals surface area contributed by atoms with Gasteiger partial charge in [0.05, 0.1) is 11.6 Å². The molecule has 0 spiro atoms. The van der Waals surface area contributed by atoms with Crippen molar-refractivity contribution in [2.75, 3.05) is 6.61 Å².